The number of carboxylic acid groups (broad SMARTS) is 1. The molecule has 36 heavy (non-hydrogen) atoms. The topological polar surface area (TPSA) is 89.9 Å². The number of ether oxygens (including phenoxy) is 3. The molecule has 0 bridgehead atoms. The minimum atomic E-state index is -0.924. The Morgan fingerprint density at radius 3 is 2.67 bits per heavy atom. The predicted molar refractivity (Wildman–Crippen MR) is 141 cm³/mol. The Morgan fingerprint density at radius 2 is 1.97 bits per heavy atom. The summed E-state index contributed by atoms with van der Waals surface area (Å²) in [6.45, 7) is 6.41. The highest BCUT2D eigenvalue weighted by atomic mass is 32.1. The summed E-state index contributed by atoms with van der Waals surface area (Å²) >= 11 is 1.23. The Bertz CT molecular complexity index is 1040. The van der Waals surface area contributed by atoms with E-state index >= 15 is 0 Å². The molecule has 1 saturated heterocycles. The van der Waals surface area contributed by atoms with Gasteiger partial charge in [0.1, 0.15) is 11.0 Å². The van der Waals surface area contributed by atoms with Crippen LogP contribution in [0.3, 0.4) is 0 Å². The number of aromatic carboxylic acids is 1. The second kappa shape index (κ2) is 12.6. The highest BCUT2D eigenvalue weighted by Crippen LogP contribution is 2.31. The van der Waals surface area contributed by atoms with Crippen molar-refractivity contribution in [1.29, 1.82) is 0 Å². The molecule has 0 atom stereocenters. The molecule has 0 aromatic carbocycles. The molecule has 0 unspecified atom stereocenters. The first-order valence-electron chi connectivity index (χ1n) is 12.8. The Labute approximate surface area is 217 Å². The van der Waals surface area contributed by atoms with E-state index in [0.717, 1.165) is 63.0 Å². The standard InChI is InChI=1S/C28H36N2O5S/c1-28(2,14-18-34-21-11-16-33-17-12-21)13-10-23-19-24(26(36-23)27(31)32)30-20-6-8-22(9-7-20)35-25-5-3-4-15-29-25/h3-5,15,19-22,30H,6-9,11-12,14,16-18H2,1-2H3,(H,31,32). The number of pyridine rings is 1. The molecule has 8 heteroatoms. The van der Waals surface area contributed by atoms with E-state index in [2.05, 4.69) is 36.0 Å². The second-order valence-electron chi connectivity index (χ2n) is 10.1. The summed E-state index contributed by atoms with van der Waals surface area (Å²) in [6, 6.07) is 7.75. The van der Waals surface area contributed by atoms with Gasteiger partial charge < -0.3 is 24.6 Å². The maximum atomic E-state index is 11.9. The Balaban J connectivity index is 1.30. The van der Waals surface area contributed by atoms with Crippen molar-refractivity contribution >= 4 is 23.0 Å². The zero-order chi connectivity index (χ0) is 25.4. The number of hydrogen-bond donors (Lipinski definition) is 2. The van der Waals surface area contributed by atoms with Gasteiger partial charge in [0, 0.05) is 43.5 Å². The zero-order valence-electron chi connectivity index (χ0n) is 21.1. The maximum absolute atomic E-state index is 11.9. The molecule has 0 radical (unpaired) electrons. The van der Waals surface area contributed by atoms with Gasteiger partial charge in [-0.05, 0) is 70.9 Å². The molecule has 3 heterocycles. The van der Waals surface area contributed by atoms with E-state index < -0.39 is 5.97 Å². The molecule has 1 saturated carbocycles. The average Bonchev–Trinajstić information content (AvgIpc) is 3.28. The fourth-order valence-corrected chi connectivity index (χ4v) is 5.28. The first-order valence-corrected chi connectivity index (χ1v) is 13.6. The minimum Gasteiger partial charge on any atom is -0.477 e. The summed E-state index contributed by atoms with van der Waals surface area (Å²) in [4.78, 5) is 17.2. The number of carboxylic acids is 1. The van der Waals surface area contributed by atoms with Gasteiger partial charge >= 0.3 is 5.97 Å². The first-order chi connectivity index (χ1) is 17.4. The Kier molecular flexibility index (Phi) is 9.24. The number of nitrogens with zero attached hydrogens (tertiary/aromatic N) is 1. The van der Waals surface area contributed by atoms with Crippen LogP contribution < -0.4 is 10.1 Å². The maximum Gasteiger partial charge on any atom is 0.348 e. The third-order valence-electron chi connectivity index (χ3n) is 6.66. The van der Waals surface area contributed by atoms with E-state index in [-0.39, 0.29) is 23.7 Å². The second-order valence-corrected chi connectivity index (χ2v) is 11.2. The average molecular weight is 513 g/mol. The van der Waals surface area contributed by atoms with Gasteiger partial charge in [-0.2, -0.15) is 0 Å². The van der Waals surface area contributed by atoms with Gasteiger partial charge in [0.05, 0.1) is 16.7 Å². The van der Waals surface area contributed by atoms with Crippen molar-refractivity contribution < 1.29 is 24.1 Å². The van der Waals surface area contributed by atoms with Crippen LogP contribution in [0.25, 0.3) is 0 Å². The van der Waals surface area contributed by atoms with Crippen molar-refractivity contribution in [2.75, 3.05) is 25.1 Å². The van der Waals surface area contributed by atoms with Gasteiger partial charge in [0.15, 0.2) is 0 Å². The number of hydrogen-bond acceptors (Lipinski definition) is 7. The van der Waals surface area contributed by atoms with E-state index in [1.54, 1.807) is 6.20 Å². The molecule has 1 aliphatic carbocycles. The van der Waals surface area contributed by atoms with Gasteiger partial charge in [-0.3, -0.25) is 0 Å². The molecule has 194 valence electrons. The quantitative estimate of drug-likeness (QED) is 0.422. The lowest BCUT2D eigenvalue weighted by Crippen LogP contribution is -2.31. The Hall–Kier alpha value is -2.60. The first kappa shape index (κ1) is 26.5. The van der Waals surface area contributed by atoms with Crippen molar-refractivity contribution in [2.45, 2.75) is 77.0 Å². The molecule has 1 aliphatic heterocycles. The van der Waals surface area contributed by atoms with Gasteiger partial charge in [-0.1, -0.05) is 17.9 Å². The van der Waals surface area contributed by atoms with Crippen LogP contribution in [0.2, 0.25) is 0 Å². The highest BCUT2D eigenvalue weighted by molar-refractivity contribution is 7.15. The SMILES string of the molecule is CC(C)(C#Cc1cc(NC2CCC(Oc3ccccn3)CC2)c(C(=O)O)s1)CCOC1CCOCC1. The van der Waals surface area contributed by atoms with E-state index in [0.29, 0.717) is 23.1 Å². The van der Waals surface area contributed by atoms with Crippen LogP contribution >= 0.6 is 11.3 Å². The van der Waals surface area contributed by atoms with Crippen LogP contribution in [0.15, 0.2) is 30.5 Å². The van der Waals surface area contributed by atoms with Crippen LogP contribution in [0.4, 0.5) is 5.69 Å². The van der Waals surface area contributed by atoms with Gasteiger partial charge in [0.25, 0.3) is 0 Å². The fraction of sp³-hybridized carbons (Fsp3) is 0.571. The van der Waals surface area contributed by atoms with Crippen LogP contribution in [0.1, 0.15) is 73.3 Å². The summed E-state index contributed by atoms with van der Waals surface area (Å²) in [5.41, 5.74) is 0.435. The number of aromatic nitrogens is 1. The predicted octanol–water partition coefficient (Wildman–Crippen LogP) is 5.61. The lowest BCUT2D eigenvalue weighted by Gasteiger charge is -2.29. The number of thiophene rings is 1. The molecule has 0 amide bonds. The third kappa shape index (κ3) is 7.95. The molecule has 2 aromatic rings. The molecular formula is C28H36N2O5S. The molecule has 2 aromatic heterocycles. The summed E-state index contributed by atoms with van der Waals surface area (Å²) in [5, 5.41) is 13.2. The zero-order valence-corrected chi connectivity index (χ0v) is 21.9. The lowest BCUT2D eigenvalue weighted by atomic mass is 9.90. The third-order valence-corrected chi connectivity index (χ3v) is 7.70. The van der Waals surface area contributed by atoms with Gasteiger partial charge in [-0.15, -0.1) is 11.3 Å². The summed E-state index contributed by atoms with van der Waals surface area (Å²) < 4.78 is 17.4. The molecular weight excluding hydrogens is 476 g/mol. The molecule has 4 rings (SSSR count). The summed E-state index contributed by atoms with van der Waals surface area (Å²) in [5.74, 6) is 6.29. The van der Waals surface area contributed by atoms with Crippen LogP contribution in [0.5, 0.6) is 5.88 Å². The molecule has 0 spiro atoms. The van der Waals surface area contributed by atoms with Crippen LogP contribution in [-0.4, -0.2) is 54.1 Å². The van der Waals surface area contributed by atoms with E-state index in [4.69, 9.17) is 14.2 Å². The summed E-state index contributed by atoms with van der Waals surface area (Å²) in [7, 11) is 0. The molecule has 7 nitrogen and oxygen atoms in total. The van der Waals surface area contributed by atoms with Crippen molar-refractivity contribution in [3.63, 3.8) is 0 Å². The number of nitrogens with one attached hydrogen (secondary N) is 1. The van der Waals surface area contributed by atoms with E-state index in [1.165, 1.54) is 11.3 Å². The smallest absolute Gasteiger partial charge is 0.348 e. The molecule has 2 aliphatic rings. The number of anilines is 1. The van der Waals surface area contributed by atoms with Gasteiger partial charge in [0.2, 0.25) is 5.88 Å². The van der Waals surface area contributed by atoms with Gasteiger partial charge in [-0.25, -0.2) is 9.78 Å². The molecule has 2 N–H and O–H groups in total. The largest absolute Gasteiger partial charge is 0.477 e. The summed E-state index contributed by atoms with van der Waals surface area (Å²) in [6.07, 6.45) is 8.50. The monoisotopic (exact) mass is 512 g/mol. The number of carbonyl (C=O) groups is 1. The fourth-order valence-electron chi connectivity index (χ4n) is 4.47. The van der Waals surface area contributed by atoms with Crippen LogP contribution in [0, 0.1) is 17.3 Å². The molecule has 2 fully saturated rings. The highest BCUT2D eigenvalue weighted by Gasteiger charge is 2.25. The van der Waals surface area contributed by atoms with Crippen molar-refractivity contribution in [2.24, 2.45) is 5.41 Å². The van der Waals surface area contributed by atoms with E-state index in [1.807, 2.05) is 24.3 Å². The number of rotatable bonds is 9. The van der Waals surface area contributed by atoms with Crippen molar-refractivity contribution in [1.82, 2.24) is 4.98 Å². The van der Waals surface area contributed by atoms with E-state index in [9.17, 15) is 9.90 Å². The lowest BCUT2D eigenvalue weighted by molar-refractivity contribution is -0.0362. The minimum absolute atomic E-state index is 0.137. The van der Waals surface area contributed by atoms with Crippen LogP contribution in [-0.2, 0) is 9.47 Å². The Morgan fingerprint density at radius 1 is 1.19 bits per heavy atom. The van der Waals surface area contributed by atoms with Crippen molar-refractivity contribution in [3.05, 3.63) is 40.2 Å². The van der Waals surface area contributed by atoms with Crippen molar-refractivity contribution in [3.8, 4) is 17.7 Å². The normalized spacial score (nSPS) is 20.8.